The second kappa shape index (κ2) is 11.6. The zero-order valence-electron chi connectivity index (χ0n) is 28.0. The third-order valence-corrected chi connectivity index (χ3v) is 9.47. The van der Waals surface area contributed by atoms with Crippen molar-refractivity contribution in [3.63, 3.8) is 0 Å². The lowest BCUT2D eigenvalue weighted by molar-refractivity contribution is 0.0456. The van der Waals surface area contributed by atoms with Gasteiger partial charge in [-0.25, -0.2) is 4.79 Å². The Hall–Kier alpha value is -5.98. The molecule has 4 aromatic carbocycles. The van der Waals surface area contributed by atoms with Gasteiger partial charge in [-0.1, -0.05) is 24.3 Å². The van der Waals surface area contributed by atoms with Gasteiger partial charge in [-0.15, -0.1) is 0 Å². The number of cyclic esters (lactones) is 1. The van der Waals surface area contributed by atoms with Crippen molar-refractivity contribution in [3.05, 3.63) is 111 Å². The van der Waals surface area contributed by atoms with Gasteiger partial charge in [0.1, 0.15) is 11.5 Å². The molecule has 8 N–H and O–H groups in total. The number of hydrogen-bond donors (Lipinski definition) is 7. The highest BCUT2D eigenvalue weighted by atomic mass is 16.5. The fourth-order valence-corrected chi connectivity index (χ4v) is 7.42. The first-order chi connectivity index (χ1) is 24.0. The smallest absolute Gasteiger partial charge is 0.339 e. The number of H-pyrrole nitrogens is 2. The van der Waals surface area contributed by atoms with Gasteiger partial charge < -0.3 is 51.1 Å². The maximum Gasteiger partial charge on any atom is 0.339 e. The molecule has 6 aromatic rings. The number of amides is 1. The number of ether oxygens (including phenoxy) is 1. The van der Waals surface area contributed by atoms with Crippen molar-refractivity contribution in [2.45, 2.75) is 25.2 Å². The summed E-state index contributed by atoms with van der Waals surface area (Å²) in [5, 5.41) is 30.0. The summed E-state index contributed by atoms with van der Waals surface area (Å²) in [6.45, 7) is 1.12. The van der Waals surface area contributed by atoms with Crippen LogP contribution in [0.25, 0.3) is 21.8 Å². The van der Waals surface area contributed by atoms with Crippen LogP contribution in [0.5, 0.6) is 11.5 Å². The Morgan fingerprint density at radius 1 is 0.780 bits per heavy atom. The number of para-hydroxylation sites is 2. The van der Waals surface area contributed by atoms with Crippen LogP contribution < -0.4 is 16.4 Å². The zero-order chi connectivity index (χ0) is 35.0. The number of fused-ring (bicyclic) bond motifs is 4. The number of nitrogens with zero attached hydrogens (tertiary/aromatic N) is 2. The van der Waals surface area contributed by atoms with E-state index in [2.05, 4.69) is 20.6 Å². The fraction of sp³-hybridized carbons (Fsp3) is 0.211. The molecule has 2 atom stereocenters. The second-order valence-electron chi connectivity index (χ2n) is 13.6. The molecule has 50 heavy (non-hydrogen) atoms. The molecule has 254 valence electrons. The van der Waals surface area contributed by atoms with Gasteiger partial charge in [0.2, 0.25) is 0 Å². The topological polar surface area (TPSA) is 172 Å². The lowest BCUT2D eigenvalue weighted by Gasteiger charge is -2.17. The minimum absolute atomic E-state index is 0.0230. The Morgan fingerprint density at radius 3 is 2.20 bits per heavy atom. The number of phenols is 2. The number of nitrogens with two attached hydrogens (primary N) is 1. The molecule has 0 bridgehead atoms. The quantitative estimate of drug-likeness (QED) is 0.0618. The number of benzene rings is 4. The number of carbonyl (C=O) groups is 2. The first kappa shape index (κ1) is 31.3. The van der Waals surface area contributed by atoms with E-state index < -0.39 is 18.1 Å². The normalized spacial score (nSPS) is 16.8. The number of aromatic nitrogens is 2. The number of esters is 1. The van der Waals surface area contributed by atoms with Crippen LogP contribution in [0.3, 0.4) is 0 Å². The number of hydrogen-bond acceptors (Lipinski definition) is 9. The Kier molecular flexibility index (Phi) is 7.24. The van der Waals surface area contributed by atoms with Gasteiger partial charge in [-0.05, 0) is 76.2 Å². The standard InChI is InChI=1S/C38H37N7O5/c1-44(2)16-28-31(20-7-5-9-25(39)33(20)41-28)35-22-15-30(47)27(14-24(22)37(48)43-35)40-26-10-6-8-21-32(29(17-45(3)4)42-34(21)26)36-23-13-18(46)11-12-19(23)38(49)50-36/h5-15,35-36,40-42,46-47H,16-17,39H2,1-4H3,(H,43,48)/t35-,36?/m0/s1. The molecule has 1 amide bonds. The fourth-order valence-electron chi connectivity index (χ4n) is 7.42. The molecule has 0 aliphatic carbocycles. The van der Waals surface area contributed by atoms with Gasteiger partial charge in [0, 0.05) is 57.5 Å². The summed E-state index contributed by atoms with van der Waals surface area (Å²) in [4.78, 5) is 37.5. The van der Waals surface area contributed by atoms with Crippen LogP contribution in [0.1, 0.15) is 66.5 Å². The highest BCUT2D eigenvalue weighted by Gasteiger charge is 2.37. The molecule has 0 spiro atoms. The van der Waals surface area contributed by atoms with Gasteiger partial charge >= 0.3 is 5.97 Å². The van der Waals surface area contributed by atoms with Gasteiger partial charge in [0.25, 0.3) is 5.91 Å². The van der Waals surface area contributed by atoms with Crippen molar-refractivity contribution in [3.8, 4) is 11.5 Å². The Balaban J connectivity index is 1.20. The SMILES string of the molecule is CN(C)Cc1[nH]c2c(Nc3cc4c(cc3O)[C@@H](c3c(CN(C)C)[nH]c5c(N)cccc35)NC4=O)cccc2c1C1OC(=O)c2ccc(O)cc21. The molecule has 12 heteroatoms. The van der Waals surface area contributed by atoms with Gasteiger partial charge in [-0.2, -0.15) is 0 Å². The van der Waals surface area contributed by atoms with Crippen LogP contribution in [0.2, 0.25) is 0 Å². The van der Waals surface area contributed by atoms with E-state index in [1.54, 1.807) is 24.3 Å². The number of nitrogen functional groups attached to an aromatic ring is 1. The predicted octanol–water partition coefficient (Wildman–Crippen LogP) is 5.60. The van der Waals surface area contributed by atoms with E-state index in [-0.39, 0.29) is 17.4 Å². The number of aromatic amines is 2. The van der Waals surface area contributed by atoms with Gasteiger partial charge in [0.05, 0.1) is 39.7 Å². The second-order valence-corrected chi connectivity index (χ2v) is 13.6. The summed E-state index contributed by atoms with van der Waals surface area (Å²) < 4.78 is 5.90. The number of carbonyl (C=O) groups excluding carboxylic acids is 2. The van der Waals surface area contributed by atoms with Gasteiger partial charge in [-0.3, -0.25) is 4.79 Å². The molecular weight excluding hydrogens is 634 g/mol. The summed E-state index contributed by atoms with van der Waals surface area (Å²) in [6.07, 6.45) is -0.727. The van der Waals surface area contributed by atoms with Crippen molar-refractivity contribution in [2.24, 2.45) is 0 Å². The van der Waals surface area contributed by atoms with Crippen molar-refractivity contribution in [1.29, 1.82) is 0 Å². The maximum atomic E-state index is 13.5. The summed E-state index contributed by atoms with van der Waals surface area (Å²) in [5.74, 6) is -0.676. The average molecular weight is 672 g/mol. The monoisotopic (exact) mass is 671 g/mol. The van der Waals surface area contributed by atoms with Crippen LogP contribution in [-0.4, -0.2) is 70.0 Å². The molecular formula is C38H37N7O5. The van der Waals surface area contributed by atoms with Crippen molar-refractivity contribution < 1.29 is 24.5 Å². The highest BCUT2D eigenvalue weighted by molar-refractivity contribution is 6.04. The highest BCUT2D eigenvalue weighted by Crippen LogP contribution is 2.46. The Bertz CT molecular complexity index is 2370. The first-order valence-electron chi connectivity index (χ1n) is 16.3. The van der Waals surface area contributed by atoms with E-state index >= 15 is 0 Å². The average Bonchev–Trinajstić information content (AvgIpc) is 3.78. The summed E-state index contributed by atoms with van der Waals surface area (Å²) in [6, 6.07) is 18.9. The molecule has 0 radical (unpaired) electrons. The van der Waals surface area contributed by atoms with Crippen molar-refractivity contribution in [2.75, 3.05) is 39.2 Å². The molecule has 0 saturated carbocycles. The lowest BCUT2D eigenvalue weighted by Crippen LogP contribution is -2.22. The van der Waals surface area contributed by atoms with E-state index in [4.69, 9.17) is 10.5 Å². The van der Waals surface area contributed by atoms with E-state index in [1.807, 2.05) is 74.4 Å². The maximum absolute atomic E-state index is 13.5. The summed E-state index contributed by atoms with van der Waals surface area (Å²) >= 11 is 0. The molecule has 2 aliphatic rings. The summed E-state index contributed by atoms with van der Waals surface area (Å²) in [7, 11) is 7.85. The largest absolute Gasteiger partial charge is 0.508 e. The number of anilines is 3. The lowest BCUT2D eigenvalue weighted by atomic mass is 9.94. The number of rotatable bonds is 8. The third-order valence-electron chi connectivity index (χ3n) is 9.47. The van der Waals surface area contributed by atoms with Crippen LogP contribution in [0.15, 0.2) is 66.7 Å². The Morgan fingerprint density at radius 2 is 1.46 bits per heavy atom. The number of nitrogens with one attached hydrogen (secondary N) is 4. The number of phenolic OH excluding ortho intramolecular Hbond substituents is 2. The van der Waals surface area contributed by atoms with Crippen molar-refractivity contribution in [1.82, 2.24) is 25.1 Å². The van der Waals surface area contributed by atoms with Crippen LogP contribution >= 0.6 is 0 Å². The van der Waals surface area contributed by atoms with E-state index in [1.165, 1.54) is 6.07 Å². The molecule has 0 saturated heterocycles. The molecule has 0 fully saturated rings. The minimum atomic E-state index is -0.727. The van der Waals surface area contributed by atoms with Crippen molar-refractivity contribution >= 4 is 50.7 Å². The molecule has 2 aromatic heterocycles. The van der Waals surface area contributed by atoms with Crippen LogP contribution in [0, 0.1) is 0 Å². The van der Waals surface area contributed by atoms with Gasteiger partial charge in [0.15, 0.2) is 6.10 Å². The van der Waals surface area contributed by atoms with Crippen LogP contribution in [-0.2, 0) is 17.8 Å². The molecule has 12 nitrogen and oxygen atoms in total. The molecule has 2 aliphatic heterocycles. The molecule has 4 heterocycles. The molecule has 1 unspecified atom stereocenters. The minimum Gasteiger partial charge on any atom is -0.508 e. The third kappa shape index (κ3) is 4.99. The van der Waals surface area contributed by atoms with E-state index in [9.17, 15) is 19.8 Å². The van der Waals surface area contributed by atoms with E-state index in [0.29, 0.717) is 52.4 Å². The zero-order valence-corrected chi connectivity index (χ0v) is 28.0. The van der Waals surface area contributed by atoms with Crippen LogP contribution in [0.4, 0.5) is 17.1 Å². The predicted molar refractivity (Wildman–Crippen MR) is 192 cm³/mol. The van der Waals surface area contributed by atoms with E-state index in [0.717, 1.165) is 44.3 Å². The Labute approximate surface area is 287 Å². The molecule has 8 rings (SSSR count). The number of aromatic hydroxyl groups is 2. The summed E-state index contributed by atoms with van der Waals surface area (Å²) in [5.41, 5.74) is 15.1. The first-order valence-corrected chi connectivity index (χ1v) is 16.3.